The third-order valence-electron chi connectivity index (χ3n) is 7.12. The van der Waals surface area contributed by atoms with Crippen LogP contribution in [-0.4, -0.2) is 88.2 Å². The fraction of sp³-hybridized carbons (Fsp3) is 0.444. The summed E-state index contributed by atoms with van der Waals surface area (Å²) in [5.41, 5.74) is 2.34. The number of halogens is 2. The van der Waals surface area contributed by atoms with E-state index in [1.165, 1.54) is 31.1 Å². The van der Waals surface area contributed by atoms with Crippen LogP contribution < -0.4 is 25.0 Å². The van der Waals surface area contributed by atoms with Gasteiger partial charge in [0.2, 0.25) is 0 Å². The molecule has 2 aromatic carbocycles. The number of rotatable bonds is 7. The number of benzene rings is 2. The average Bonchev–Trinajstić information content (AvgIpc) is 2.96. The molecule has 2 N–H and O–H groups in total. The van der Waals surface area contributed by atoms with Crippen LogP contribution in [0.25, 0.3) is 0 Å². The molecule has 210 valence electrons. The second-order valence-electron chi connectivity index (χ2n) is 9.37. The molecule has 0 bridgehead atoms. The summed E-state index contributed by atoms with van der Waals surface area (Å²) in [7, 11) is 4.57. The van der Waals surface area contributed by atoms with Crippen molar-refractivity contribution >= 4 is 58.5 Å². The first kappa shape index (κ1) is 28.8. The van der Waals surface area contributed by atoms with E-state index in [9.17, 15) is 4.79 Å². The topological polar surface area (TPSA) is 94.0 Å². The SMILES string of the molecule is CCN1CCN(c2ccc(NC3N=CN=C(N(C)C(=O)Nc4c(Cl)c(OC)cc(OC)c4Cl)C3C)cc2)CC1. The maximum atomic E-state index is 13.2. The number of ether oxygens (including phenoxy) is 2. The number of hydrogen-bond donors (Lipinski definition) is 2. The normalized spacial score (nSPS) is 19.4. The lowest BCUT2D eigenvalue weighted by molar-refractivity contribution is 0.237. The number of carbonyl (C=O) groups is 1. The maximum absolute atomic E-state index is 13.2. The van der Waals surface area contributed by atoms with Crippen LogP contribution in [0.1, 0.15) is 13.8 Å². The Labute approximate surface area is 239 Å². The zero-order valence-electron chi connectivity index (χ0n) is 22.9. The minimum atomic E-state index is -0.471. The van der Waals surface area contributed by atoms with E-state index in [2.05, 4.69) is 61.6 Å². The van der Waals surface area contributed by atoms with Crippen LogP contribution in [0.2, 0.25) is 10.0 Å². The van der Waals surface area contributed by atoms with E-state index in [0.717, 1.165) is 38.4 Å². The molecule has 4 rings (SSSR count). The lowest BCUT2D eigenvalue weighted by atomic mass is 10.1. The lowest BCUT2D eigenvalue weighted by Crippen LogP contribution is -2.46. The summed E-state index contributed by atoms with van der Waals surface area (Å²) >= 11 is 12.9. The summed E-state index contributed by atoms with van der Waals surface area (Å²) in [6.07, 6.45) is 1.16. The van der Waals surface area contributed by atoms with Crippen molar-refractivity contribution in [2.45, 2.75) is 20.0 Å². The van der Waals surface area contributed by atoms with Crippen molar-refractivity contribution in [3.8, 4) is 11.5 Å². The Hall–Kier alpha value is -3.21. The smallest absolute Gasteiger partial charge is 0.327 e. The summed E-state index contributed by atoms with van der Waals surface area (Å²) in [6.45, 7) is 9.47. The highest BCUT2D eigenvalue weighted by atomic mass is 35.5. The van der Waals surface area contributed by atoms with Gasteiger partial charge in [0.1, 0.15) is 39.9 Å². The molecular weight excluding hydrogens is 541 g/mol. The van der Waals surface area contributed by atoms with Crippen LogP contribution >= 0.6 is 23.2 Å². The highest BCUT2D eigenvalue weighted by molar-refractivity contribution is 6.41. The standard InChI is InChI=1S/C27H35Cl2N7O3/c1-6-35-11-13-36(14-12-35)19-9-7-18(8-10-19)32-25-17(2)26(31-16-30-25)34(3)27(37)33-24-22(28)20(38-4)15-21(39-5)23(24)29/h7-10,15-17,25,32H,6,11-14H2,1-5H3,(H,33,37). The van der Waals surface area contributed by atoms with Gasteiger partial charge in [-0.15, -0.1) is 0 Å². The zero-order valence-corrected chi connectivity index (χ0v) is 24.4. The molecule has 10 nitrogen and oxygen atoms in total. The average molecular weight is 577 g/mol. The number of piperazine rings is 1. The maximum Gasteiger partial charge on any atom is 0.327 e. The van der Waals surface area contributed by atoms with Gasteiger partial charge in [-0.3, -0.25) is 4.90 Å². The van der Waals surface area contributed by atoms with E-state index in [1.807, 2.05) is 6.92 Å². The van der Waals surface area contributed by atoms with Gasteiger partial charge < -0.3 is 29.9 Å². The molecule has 0 aliphatic carbocycles. The largest absolute Gasteiger partial charge is 0.495 e. The molecule has 2 atom stereocenters. The highest BCUT2D eigenvalue weighted by Gasteiger charge is 2.30. The van der Waals surface area contributed by atoms with Gasteiger partial charge >= 0.3 is 6.03 Å². The number of nitrogens with one attached hydrogen (secondary N) is 2. The first-order valence-electron chi connectivity index (χ1n) is 12.8. The molecule has 2 heterocycles. The molecule has 2 aliphatic heterocycles. The van der Waals surface area contributed by atoms with E-state index >= 15 is 0 Å². The van der Waals surface area contributed by atoms with Crippen molar-refractivity contribution in [1.82, 2.24) is 9.80 Å². The van der Waals surface area contributed by atoms with Crippen molar-refractivity contribution in [3.63, 3.8) is 0 Å². The van der Waals surface area contributed by atoms with Crippen molar-refractivity contribution < 1.29 is 14.3 Å². The number of nitrogens with zero attached hydrogens (tertiary/aromatic N) is 5. The van der Waals surface area contributed by atoms with Gasteiger partial charge in [-0.2, -0.15) is 0 Å². The van der Waals surface area contributed by atoms with Crippen LogP contribution in [0, 0.1) is 5.92 Å². The molecule has 2 unspecified atom stereocenters. The minimum absolute atomic E-state index is 0.167. The summed E-state index contributed by atoms with van der Waals surface area (Å²) < 4.78 is 10.6. The van der Waals surface area contributed by atoms with Crippen molar-refractivity contribution in [2.75, 3.05) is 69.5 Å². The number of amides is 2. The Morgan fingerprint density at radius 1 is 1.08 bits per heavy atom. The summed E-state index contributed by atoms with van der Waals surface area (Å²) in [4.78, 5) is 28.4. The van der Waals surface area contributed by atoms with E-state index in [-0.39, 0.29) is 27.8 Å². The van der Waals surface area contributed by atoms with Crippen LogP contribution in [0.3, 0.4) is 0 Å². The predicted molar refractivity (Wildman–Crippen MR) is 160 cm³/mol. The molecule has 2 aromatic rings. The second kappa shape index (κ2) is 12.8. The molecule has 1 saturated heterocycles. The van der Waals surface area contributed by atoms with E-state index in [1.54, 1.807) is 13.1 Å². The summed E-state index contributed by atoms with van der Waals surface area (Å²) in [5, 5.41) is 6.56. The van der Waals surface area contributed by atoms with Crippen LogP contribution in [0.4, 0.5) is 21.9 Å². The monoisotopic (exact) mass is 575 g/mol. The van der Waals surface area contributed by atoms with Gasteiger partial charge in [0.15, 0.2) is 0 Å². The van der Waals surface area contributed by atoms with E-state index < -0.39 is 6.03 Å². The molecule has 0 radical (unpaired) electrons. The number of hydrogen-bond acceptors (Lipinski definition) is 8. The number of aliphatic imine (C=N–C) groups is 2. The van der Waals surface area contributed by atoms with Gasteiger partial charge in [0.25, 0.3) is 0 Å². The Bertz CT molecular complexity index is 1200. The molecule has 0 spiro atoms. The van der Waals surface area contributed by atoms with Gasteiger partial charge in [0.05, 0.1) is 25.8 Å². The van der Waals surface area contributed by atoms with Gasteiger partial charge in [-0.25, -0.2) is 14.8 Å². The predicted octanol–water partition coefficient (Wildman–Crippen LogP) is 5.13. The first-order valence-corrected chi connectivity index (χ1v) is 13.6. The fourth-order valence-corrected chi connectivity index (χ4v) is 5.25. The quantitative estimate of drug-likeness (QED) is 0.475. The second-order valence-corrected chi connectivity index (χ2v) is 10.1. The number of anilines is 3. The van der Waals surface area contributed by atoms with Gasteiger partial charge in [-0.05, 0) is 30.8 Å². The molecular formula is C27H35Cl2N7O3. The molecule has 1 fully saturated rings. The number of carbonyl (C=O) groups excluding carboxylic acids is 1. The molecule has 0 aromatic heterocycles. The molecule has 12 heteroatoms. The molecule has 39 heavy (non-hydrogen) atoms. The number of likely N-dealkylation sites (N-methyl/N-ethyl adjacent to an activating group) is 1. The number of amidine groups is 1. The number of urea groups is 1. The Morgan fingerprint density at radius 3 is 2.26 bits per heavy atom. The zero-order chi connectivity index (χ0) is 28.1. The van der Waals surface area contributed by atoms with Gasteiger partial charge in [-0.1, -0.05) is 37.0 Å². The van der Waals surface area contributed by atoms with Gasteiger partial charge in [0, 0.05) is 50.7 Å². The van der Waals surface area contributed by atoms with Crippen LogP contribution in [0.15, 0.2) is 40.3 Å². The Morgan fingerprint density at radius 2 is 1.69 bits per heavy atom. The molecule has 2 amide bonds. The fourth-order valence-electron chi connectivity index (χ4n) is 4.66. The highest BCUT2D eigenvalue weighted by Crippen LogP contribution is 2.44. The van der Waals surface area contributed by atoms with Crippen LogP contribution in [-0.2, 0) is 0 Å². The van der Waals surface area contributed by atoms with Crippen molar-refractivity contribution in [1.29, 1.82) is 0 Å². The molecule has 2 aliphatic rings. The third kappa shape index (κ3) is 6.34. The third-order valence-corrected chi connectivity index (χ3v) is 7.87. The Kier molecular flexibility index (Phi) is 9.42. The minimum Gasteiger partial charge on any atom is -0.495 e. The van der Waals surface area contributed by atoms with Crippen molar-refractivity contribution in [2.24, 2.45) is 15.9 Å². The molecule has 0 saturated carbocycles. The van der Waals surface area contributed by atoms with E-state index in [0.29, 0.717) is 17.3 Å². The summed E-state index contributed by atoms with van der Waals surface area (Å²) in [6, 6.07) is 9.47. The summed E-state index contributed by atoms with van der Waals surface area (Å²) in [5.74, 6) is 0.973. The number of methoxy groups -OCH3 is 2. The van der Waals surface area contributed by atoms with E-state index in [4.69, 9.17) is 32.7 Å². The van der Waals surface area contributed by atoms with Crippen LogP contribution in [0.5, 0.6) is 11.5 Å². The first-order chi connectivity index (χ1) is 18.8. The lowest BCUT2D eigenvalue weighted by Gasteiger charge is -2.35. The Balaban J connectivity index is 1.41. The van der Waals surface area contributed by atoms with Crippen molar-refractivity contribution in [3.05, 3.63) is 40.4 Å².